The number of nitrogens with zero attached hydrogens (tertiary/aromatic N) is 2. The second-order valence-corrected chi connectivity index (χ2v) is 6.46. The number of non-ortho nitro benzene ring substituents is 1. The zero-order chi connectivity index (χ0) is 19.7. The van der Waals surface area contributed by atoms with Gasteiger partial charge in [-0.2, -0.15) is 0 Å². The smallest absolute Gasteiger partial charge is 0.270 e. The maximum absolute atomic E-state index is 12.4. The van der Waals surface area contributed by atoms with Gasteiger partial charge in [-0.15, -0.1) is 0 Å². The number of amides is 3. The molecule has 0 bridgehead atoms. The molecule has 2 aromatic carbocycles. The van der Waals surface area contributed by atoms with E-state index >= 15 is 0 Å². The van der Waals surface area contributed by atoms with E-state index in [1.807, 2.05) is 0 Å². The van der Waals surface area contributed by atoms with Crippen molar-refractivity contribution >= 4 is 35.0 Å². The van der Waals surface area contributed by atoms with Crippen molar-refractivity contribution in [1.82, 2.24) is 10.2 Å². The highest BCUT2D eigenvalue weighted by molar-refractivity contribution is 6.30. The summed E-state index contributed by atoms with van der Waals surface area (Å²) in [5.41, 5.74) is 0.486. The van der Waals surface area contributed by atoms with Crippen LogP contribution in [0.3, 0.4) is 0 Å². The summed E-state index contributed by atoms with van der Waals surface area (Å²) in [7, 11) is 0. The molecule has 2 aromatic rings. The zero-order valence-electron chi connectivity index (χ0n) is 14.1. The highest BCUT2D eigenvalue weighted by atomic mass is 35.5. The highest BCUT2D eigenvalue weighted by Crippen LogP contribution is 2.26. The van der Waals surface area contributed by atoms with Crippen molar-refractivity contribution in [3.05, 3.63) is 74.3 Å². The van der Waals surface area contributed by atoms with E-state index in [1.165, 1.54) is 6.07 Å². The summed E-state index contributed by atoms with van der Waals surface area (Å²) in [6.45, 7) is 1.28. The largest absolute Gasteiger partial charge is 0.348 e. The van der Waals surface area contributed by atoms with Crippen LogP contribution in [-0.2, 0) is 4.79 Å². The Kier molecular flexibility index (Phi) is 4.91. The quantitative estimate of drug-likeness (QED) is 0.482. The number of nitro benzene ring substituents is 1. The summed E-state index contributed by atoms with van der Waals surface area (Å²) < 4.78 is 0. The van der Waals surface area contributed by atoms with Crippen molar-refractivity contribution < 1.29 is 19.3 Å². The minimum Gasteiger partial charge on any atom is -0.348 e. The molecule has 1 atom stereocenters. The molecule has 0 spiro atoms. The Morgan fingerprint density at radius 1 is 1.15 bits per heavy atom. The van der Waals surface area contributed by atoms with Gasteiger partial charge in [0.1, 0.15) is 6.54 Å². The number of nitro groups is 1. The van der Waals surface area contributed by atoms with Crippen LogP contribution in [-0.4, -0.2) is 34.1 Å². The van der Waals surface area contributed by atoms with Crippen molar-refractivity contribution in [3.8, 4) is 0 Å². The van der Waals surface area contributed by atoms with Crippen LogP contribution in [0.4, 0.5) is 5.69 Å². The molecular weight excluding hydrogens is 374 g/mol. The fraction of sp³-hybridized carbons (Fsp3) is 0.167. The predicted octanol–water partition coefficient (Wildman–Crippen LogP) is 2.72. The van der Waals surface area contributed by atoms with Gasteiger partial charge in [0.15, 0.2) is 0 Å². The molecule has 27 heavy (non-hydrogen) atoms. The molecule has 0 unspecified atom stereocenters. The predicted molar refractivity (Wildman–Crippen MR) is 96.5 cm³/mol. The van der Waals surface area contributed by atoms with Crippen molar-refractivity contribution in [3.63, 3.8) is 0 Å². The van der Waals surface area contributed by atoms with Crippen LogP contribution >= 0.6 is 11.6 Å². The van der Waals surface area contributed by atoms with Gasteiger partial charge in [-0.1, -0.05) is 23.7 Å². The maximum atomic E-state index is 12.4. The standard InChI is InChI=1S/C18H14ClN3O5/c1-10(11-2-4-12(19)5-3-11)20-16(23)9-21-17(24)14-7-6-13(22(26)27)8-15(14)18(21)25/h2-8,10H,9H2,1H3,(H,20,23)/t10-/m1/s1. The first-order chi connectivity index (χ1) is 12.8. The summed E-state index contributed by atoms with van der Waals surface area (Å²) in [6, 6.07) is 9.96. The summed E-state index contributed by atoms with van der Waals surface area (Å²) >= 11 is 5.83. The first-order valence-electron chi connectivity index (χ1n) is 7.97. The Labute approximate surface area is 158 Å². The molecule has 9 heteroatoms. The number of hydrogen-bond acceptors (Lipinski definition) is 5. The fourth-order valence-corrected chi connectivity index (χ4v) is 2.93. The van der Waals surface area contributed by atoms with E-state index in [0.29, 0.717) is 5.02 Å². The molecule has 0 aliphatic carbocycles. The molecule has 1 aliphatic rings. The fourth-order valence-electron chi connectivity index (χ4n) is 2.80. The molecule has 1 aliphatic heterocycles. The summed E-state index contributed by atoms with van der Waals surface area (Å²) in [5.74, 6) is -1.91. The average molecular weight is 388 g/mol. The molecular formula is C18H14ClN3O5. The van der Waals surface area contributed by atoms with Crippen LogP contribution in [0.1, 0.15) is 39.2 Å². The van der Waals surface area contributed by atoms with Crippen molar-refractivity contribution in [2.24, 2.45) is 0 Å². The number of hydrogen-bond donors (Lipinski definition) is 1. The number of fused-ring (bicyclic) bond motifs is 1. The van der Waals surface area contributed by atoms with E-state index in [-0.39, 0.29) is 22.9 Å². The molecule has 0 saturated heterocycles. The van der Waals surface area contributed by atoms with Gasteiger partial charge < -0.3 is 5.32 Å². The van der Waals surface area contributed by atoms with Crippen LogP contribution in [0, 0.1) is 10.1 Å². The van der Waals surface area contributed by atoms with Gasteiger partial charge in [0.2, 0.25) is 5.91 Å². The van der Waals surface area contributed by atoms with Crippen LogP contribution in [0.25, 0.3) is 0 Å². The number of nitrogens with one attached hydrogen (secondary N) is 1. The lowest BCUT2D eigenvalue weighted by molar-refractivity contribution is -0.384. The Hall–Kier alpha value is -3.26. The Morgan fingerprint density at radius 2 is 1.78 bits per heavy atom. The van der Waals surface area contributed by atoms with Gasteiger partial charge in [0.25, 0.3) is 17.5 Å². The number of carbonyl (C=O) groups is 3. The molecule has 0 fully saturated rings. The minimum absolute atomic E-state index is 0.0455. The maximum Gasteiger partial charge on any atom is 0.270 e. The summed E-state index contributed by atoms with van der Waals surface area (Å²) in [6.07, 6.45) is 0. The van der Waals surface area contributed by atoms with Gasteiger partial charge in [-0.25, -0.2) is 0 Å². The number of halogens is 1. The van der Waals surface area contributed by atoms with E-state index < -0.39 is 29.2 Å². The molecule has 138 valence electrons. The van der Waals surface area contributed by atoms with Crippen LogP contribution in [0.15, 0.2) is 42.5 Å². The van der Waals surface area contributed by atoms with Gasteiger partial charge in [0.05, 0.1) is 22.1 Å². The third-order valence-corrected chi connectivity index (χ3v) is 4.47. The number of carbonyl (C=O) groups excluding carboxylic acids is 3. The third-order valence-electron chi connectivity index (χ3n) is 4.21. The molecule has 0 saturated carbocycles. The first kappa shape index (κ1) is 18.5. The van der Waals surface area contributed by atoms with Crippen molar-refractivity contribution in [1.29, 1.82) is 0 Å². The number of rotatable bonds is 5. The first-order valence-corrected chi connectivity index (χ1v) is 8.35. The van der Waals surface area contributed by atoms with E-state index in [0.717, 1.165) is 22.6 Å². The van der Waals surface area contributed by atoms with Crippen LogP contribution in [0.2, 0.25) is 5.02 Å². The van der Waals surface area contributed by atoms with E-state index in [9.17, 15) is 24.5 Å². The molecule has 0 radical (unpaired) electrons. The topological polar surface area (TPSA) is 110 Å². The van der Waals surface area contributed by atoms with E-state index in [1.54, 1.807) is 31.2 Å². The molecule has 1 heterocycles. The molecule has 0 aromatic heterocycles. The Morgan fingerprint density at radius 3 is 2.41 bits per heavy atom. The lowest BCUT2D eigenvalue weighted by Gasteiger charge is -2.18. The molecule has 1 N–H and O–H groups in total. The number of imide groups is 1. The van der Waals surface area contributed by atoms with Crippen molar-refractivity contribution in [2.45, 2.75) is 13.0 Å². The lowest BCUT2D eigenvalue weighted by atomic mass is 10.1. The molecule has 8 nitrogen and oxygen atoms in total. The second kappa shape index (κ2) is 7.16. The monoisotopic (exact) mass is 387 g/mol. The summed E-state index contributed by atoms with van der Waals surface area (Å²) in [5, 5.41) is 14.1. The Bertz CT molecular complexity index is 958. The minimum atomic E-state index is -0.729. The second-order valence-electron chi connectivity index (χ2n) is 6.02. The van der Waals surface area contributed by atoms with Gasteiger partial charge in [-0.3, -0.25) is 29.4 Å². The van der Waals surface area contributed by atoms with Crippen LogP contribution in [0.5, 0.6) is 0 Å². The average Bonchev–Trinajstić information content (AvgIpc) is 2.86. The third kappa shape index (κ3) is 3.65. The molecule has 3 amide bonds. The van der Waals surface area contributed by atoms with Crippen LogP contribution < -0.4 is 5.32 Å². The Balaban J connectivity index is 1.71. The van der Waals surface area contributed by atoms with Gasteiger partial charge >= 0.3 is 0 Å². The normalized spacial score (nSPS) is 14.1. The zero-order valence-corrected chi connectivity index (χ0v) is 14.9. The van der Waals surface area contributed by atoms with Gasteiger partial charge in [0, 0.05) is 17.2 Å². The summed E-state index contributed by atoms with van der Waals surface area (Å²) in [4.78, 5) is 48.0. The number of benzene rings is 2. The van der Waals surface area contributed by atoms with Crippen molar-refractivity contribution in [2.75, 3.05) is 6.54 Å². The lowest BCUT2D eigenvalue weighted by Crippen LogP contribution is -2.41. The van der Waals surface area contributed by atoms with E-state index in [4.69, 9.17) is 11.6 Å². The van der Waals surface area contributed by atoms with Gasteiger partial charge in [-0.05, 0) is 30.7 Å². The molecule has 3 rings (SSSR count). The highest BCUT2D eigenvalue weighted by Gasteiger charge is 2.37. The van der Waals surface area contributed by atoms with E-state index in [2.05, 4.69) is 5.32 Å². The SMILES string of the molecule is C[C@@H](NC(=O)CN1C(=O)c2ccc([N+](=O)[O-])cc2C1=O)c1ccc(Cl)cc1.